The molecule has 0 radical (unpaired) electrons. The summed E-state index contributed by atoms with van der Waals surface area (Å²) in [6.45, 7) is 3.30. The molecular weight excluding hydrogens is 473 g/mol. The standard InChI is InChI=1S/C30H30BN5O2/c1-31-25-20-33-36-28(19-26(34-29(25)36)24-15-8-9-16-27(24)37)32-17-10-18-35(2)30(38)23-14-7-6-13-22(23)21-11-4-3-5-12-21/h3-9,11-16,19-20,31-32,37H,10,17-18H2,1-2H3. The molecule has 0 fully saturated rings. The Morgan fingerprint density at radius 2 is 1.71 bits per heavy atom. The number of aromatic nitrogens is 3. The number of hydrogen-bond acceptors (Lipinski definition) is 5. The number of aromatic hydroxyl groups is 1. The van der Waals surface area contributed by atoms with Gasteiger partial charge in [0.1, 0.15) is 11.6 Å². The van der Waals surface area contributed by atoms with Crippen molar-refractivity contribution < 1.29 is 9.90 Å². The zero-order chi connectivity index (χ0) is 26.5. The van der Waals surface area contributed by atoms with Crippen molar-refractivity contribution in [2.45, 2.75) is 13.2 Å². The molecule has 0 aliphatic heterocycles. The summed E-state index contributed by atoms with van der Waals surface area (Å²) in [6, 6.07) is 26.8. The highest BCUT2D eigenvalue weighted by molar-refractivity contribution is 6.54. The van der Waals surface area contributed by atoms with Crippen molar-refractivity contribution in [3.8, 4) is 28.1 Å². The molecule has 0 atom stereocenters. The van der Waals surface area contributed by atoms with Crippen LogP contribution in [-0.2, 0) is 0 Å². The third kappa shape index (κ3) is 5.11. The lowest BCUT2D eigenvalue weighted by Gasteiger charge is -2.19. The summed E-state index contributed by atoms with van der Waals surface area (Å²) in [5.41, 5.74) is 5.81. The topological polar surface area (TPSA) is 82.8 Å². The summed E-state index contributed by atoms with van der Waals surface area (Å²) in [4.78, 5) is 19.9. The third-order valence-corrected chi connectivity index (χ3v) is 6.67. The molecule has 0 saturated heterocycles. The zero-order valence-corrected chi connectivity index (χ0v) is 21.6. The summed E-state index contributed by atoms with van der Waals surface area (Å²) in [5.74, 6) is 0.970. The largest absolute Gasteiger partial charge is 0.507 e. The van der Waals surface area contributed by atoms with Crippen LogP contribution in [-0.4, -0.2) is 57.9 Å². The number of amides is 1. The van der Waals surface area contributed by atoms with E-state index >= 15 is 0 Å². The Kier molecular flexibility index (Phi) is 7.40. The monoisotopic (exact) mass is 503 g/mol. The molecule has 5 aromatic rings. The molecule has 0 aliphatic carbocycles. The van der Waals surface area contributed by atoms with E-state index < -0.39 is 0 Å². The molecule has 0 bridgehead atoms. The number of nitrogens with zero attached hydrogens (tertiary/aromatic N) is 4. The molecule has 8 heteroatoms. The Hall–Kier alpha value is -4.59. The van der Waals surface area contributed by atoms with Gasteiger partial charge < -0.3 is 15.3 Å². The quantitative estimate of drug-likeness (QED) is 0.229. The highest BCUT2D eigenvalue weighted by atomic mass is 16.3. The number of rotatable bonds is 9. The second-order valence-electron chi connectivity index (χ2n) is 9.22. The van der Waals surface area contributed by atoms with Crippen molar-refractivity contribution in [2.75, 3.05) is 25.5 Å². The van der Waals surface area contributed by atoms with Crippen molar-refractivity contribution in [1.82, 2.24) is 19.5 Å². The van der Waals surface area contributed by atoms with Crippen LogP contribution in [0.3, 0.4) is 0 Å². The highest BCUT2D eigenvalue weighted by Crippen LogP contribution is 2.29. The maximum Gasteiger partial charge on any atom is 0.254 e. The predicted molar refractivity (Wildman–Crippen MR) is 155 cm³/mol. The van der Waals surface area contributed by atoms with Gasteiger partial charge in [0.25, 0.3) is 5.91 Å². The number of phenolic OH excluding ortho intramolecular Hbond substituents is 1. The summed E-state index contributed by atoms with van der Waals surface area (Å²) in [6.07, 6.45) is 2.58. The predicted octanol–water partition coefficient (Wildman–Crippen LogP) is 4.45. The molecule has 1 amide bonds. The van der Waals surface area contributed by atoms with Gasteiger partial charge in [-0.15, -0.1) is 0 Å². The van der Waals surface area contributed by atoms with Gasteiger partial charge in [-0.3, -0.25) is 4.79 Å². The second-order valence-corrected chi connectivity index (χ2v) is 9.22. The fourth-order valence-electron chi connectivity index (χ4n) is 4.59. The van der Waals surface area contributed by atoms with E-state index in [4.69, 9.17) is 4.98 Å². The first kappa shape index (κ1) is 25.1. The van der Waals surface area contributed by atoms with Crippen molar-refractivity contribution in [3.63, 3.8) is 0 Å². The Labute approximate surface area is 223 Å². The van der Waals surface area contributed by atoms with E-state index in [1.165, 1.54) is 0 Å². The first-order valence-electron chi connectivity index (χ1n) is 12.9. The van der Waals surface area contributed by atoms with Crippen LogP contribution >= 0.6 is 0 Å². The summed E-state index contributed by atoms with van der Waals surface area (Å²) >= 11 is 0. The molecule has 0 aliphatic rings. The number of anilines is 1. The SMILES string of the molecule is CBc1cnn2c(NCCCN(C)C(=O)c3ccccc3-c3ccccc3)cc(-c3ccccc3O)nc12. The lowest BCUT2D eigenvalue weighted by Crippen LogP contribution is -2.29. The molecule has 38 heavy (non-hydrogen) atoms. The van der Waals surface area contributed by atoms with Crippen molar-refractivity contribution in [2.24, 2.45) is 0 Å². The molecular formula is C30H30BN5O2. The summed E-state index contributed by atoms with van der Waals surface area (Å²) in [5, 5.41) is 18.4. The third-order valence-electron chi connectivity index (χ3n) is 6.67. The summed E-state index contributed by atoms with van der Waals surface area (Å²) in [7, 11) is 2.64. The van der Waals surface area contributed by atoms with Crippen molar-refractivity contribution >= 4 is 30.1 Å². The van der Waals surface area contributed by atoms with E-state index in [1.54, 1.807) is 21.5 Å². The first-order chi connectivity index (χ1) is 18.6. The minimum absolute atomic E-state index is 0.00254. The molecule has 2 heterocycles. The number of fused-ring (bicyclic) bond motifs is 1. The molecule has 0 saturated carbocycles. The molecule has 3 aromatic carbocycles. The maximum absolute atomic E-state index is 13.3. The van der Waals surface area contributed by atoms with Gasteiger partial charge in [-0.05, 0) is 41.2 Å². The van der Waals surface area contributed by atoms with E-state index in [0.29, 0.717) is 29.9 Å². The van der Waals surface area contributed by atoms with Gasteiger partial charge in [0, 0.05) is 43.5 Å². The second kappa shape index (κ2) is 11.2. The van der Waals surface area contributed by atoms with Gasteiger partial charge in [0.2, 0.25) is 0 Å². The van der Waals surface area contributed by atoms with Gasteiger partial charge in [0.15, 0.2) is 12.9 Å². The van der Waals surface area contributed by atoms with Crippen LogP contribution < -0.4 is 10.8 Å². The van der Waals surface area contributed by atoms with Crippen molar-refractivity contribution in [1.29, 1.82) is 0 Å². The van der Waals surface area contributed by atoms with Gasteiger partial charge in [-0.1, -0.05) is 67.5 Å². The van der Waals surface area contributed by atoms with Gasteiger partial charge in [-0.2, -0.15) is 9.61 Å². The average Bonchev–Trinajstić information content (AvgIpc) is 3.38. The van der Waals surface area contributed by atoms with Crippen LogP contribution in [0.2, 0.25) is 6.82 Å². The van der Waals surface area contributed by atoms with Crippen LogP contribution in [0.25, 0.3) is 28.0 Å². The summed E-state index contributed by atoms with van der Waals surface area (Å²) < 4.78 is 1.80. The highest BCUT2D eigenvalue weighted by Gasteiger charge is 2.17. The minimum Gasteiger partial charge on any atom is -0.507 e. The Morgan fingerprint density at radius 1 is 1.00 bits per heavy atom. The number of phenols is 1. The maximum atomic E-state index is 13.3. The van der Waals surface area contributed by atoms with Crippen LogP contribution in [0.5, 0.6) is 5.75 Å². The molecule has 2 N–H and O–H groups in total. The molecule has 0 unspecified atom stereocenters. The number of para-hydroxylation sites is 1. The molecule has 7 nitrogen and oxygen atoms in total. The Morgan fingerprint density at radius 3 is 2.47 bits per heavy atom. The first-order valence-corrected chi connectivity index (χ1v) is 12.9. The van der Waals surface area contributed by atoms with E-state index in [-0.39, 0.29) is 11.7 Å². The van der Waals surface area contributed by atoms with Gasteiger partial charge in [-0.25, -0.2) is 4.98 Å². The molecule has 5 rings (SSSR count). The zero-order valence-electron chi connectivity index (χ0n) is 21.6. The molecule has 190 valence electrons. The fourth-order valence-corrected chi connectivity index (χ4v) is 4.59. The number of carbonyl (C=O) groups excluding carboxylic acids is 1. The minimum atomic E-state index is -0.00254. The van der Waals surface area contributed by atoms with Crippen LogP contribution in [0.15, 0.2) is 91.1 Å². The van der Waals surface area contributed by atoms with E-state index in [1.807, 2.05) is 86.0 Å². The normalized spacial score (nSPS) is 10.9. The number of benzene rings is 3. The average molecular weight is 503 g/mol. The fraction of sp³-hybridized carbons (Fsp3) is 0.167. The lowest BCUT2D eigenvalue weighted by molar-refractivity contribution is 0.0795. The lowest BCUT2D eigenvalue weighted by atomic mass is 9.75. The van der Waals surface area contributed by atoms with E-state index in [0.717, 1.165) is 41.8 Å². The molecule has 2 aromatic heterocycles. The molecule has 0 spiro atoms. The van der Waals surface area contributed by atoms with E-state index in [2.05, 4.69) is 17.2 Å². The smallest absolute Gasteiger partial charge is 0.254 e. The van der Waals surface area contributed by atoms with Crippen molar-refractivity contribution in [3.05, 3.63) is 96.7 Å². The van der Waals surface area contributed by atoms with Crippen LogP contribution in [0.1, 0.15) is 16.8 Å². The van der Waals surface area contributed by atoms with Crippen LogP contribution in [0.4, 0.5) is 5.82 Å². The van der Waals surface area contributed by atoms with Gasteiger partial charge >= 0.3 is 0 Å². The van der Waals surface area contributed by atoms with Crippen LogP contribution in [0, 0.1) is 0 Å². The number of hydrogen-bond donors (Lipinski definition) is 2. The van der Waals surface area contributed by atoms with Gasteiger partial charge in [0.05, 0.1) is 5.69 Å². The van der Waals surface area contributed by atoms with E-state index in [9.17, 15) is 9.90 Å². The Bertz CT molecular complexity index is 1570. The number of nitrogens with one attached hydrogen (secondary N) is 1. The Balaban J connectivity index is 1.30. The number of carbonyl (C=O) groups is 1.